The van der Waals surface area contributed by atoms with Gasteiger partial charge in [-0.1, -0.05) is 17.7 Å². The van der Waals surface area contributed by atoms with Gasteiger partial charge < -0.3 is 5.32 Å². The van der Waals surface area contributed by atoms with Crippen molar-refractivity contribution in [1.29, 1.82) is 0 Å². The molecule has 0 saturated carbocycles. The highest BCUT2D eigenvalue weighted by Gasteiger charge is 2.15. The maximum absolute atomic E-state index is 12.0. The monoisotopic (exact) mass is 336 g/mol. The molecule has 22 heavy (non-hydrogen) atoms. The van der Waals surface area contributed by atoms with Gasteiger partial charge in [-0.2, -0.15) is 0 Å². The second kappa shape index (κ2) is 6.64. The van der Waals surface area contributed by atoms with E-state index >= 15 is 0 Å². The summed E-state index contributed by atoms with van der Waals surface area (Å²) in [5.74, 6) is 0. The number of nitrogens with one attached hydrogen (secondary N) is 2. The van der Waals surface area contributed by atoms with Crippen molar-refractivity contribution >= 4 is 39.8 Å². The number of carbonyl (C=O) groups is 1. The minimum absolute atomic E-state index is 0.315. The molecule has 0 radical (unpaired) electrons. The average Bonchev–Trinajstić information content (AvgIpc) is 2.85. The molecular weight excluding hydrogens is 320 g/mol. The van der Waals surface area contributed by atoms with Gasteiger partial charge in [0.25, 0.3) is 0 Å². The van der Waals surface area contributed by atoms with Crippen LogP contribution in [-0.4, -0.2) is 29.0 Å². The SMILES string of the molecule is Cc1ccc(NC(=O)Nc2nc(CN3CCC3)cs2)cc1Cl. The van der Waals surface area contributed by atoms with Crippen LogP contribution in [0, 0.1) is 6.92 Å². The standard InChI is InChI=1S/C15H17ClN4OS/c1-10-3-4-11(7-13(10)16)17-14(21)19-15-18-12(9-22-15)8-20-5-2-6-20/h3-4,7,9H,2,5-6,8H2,1H3,(H2,17,18,19,21). The van der Waals surface area contributed by atoms with Gasteiger partial charge in [0.1, 0.15) is 0 Å². The van der Waals surface area contributed by atoms with E-state index in [1.165, 1.54) is 17.8 Å². The zero-order valence-corrected chi connectivity index (χ0v) is 13.8. The zero-order chi connectivity index (χ0) is 15.5. The number of rotatable bonds is 4. The Kier molecular flexibility index (Phi) is 4.61. The van der Waals surface area contributed by atoms with Crippen LogP contribution in [0.15, 0.2) is 23.6 Å². The molecule has 0 bridgehead atoms. The lowest BCUT2D eigenvalue weighted by Crippen LogP contribution is -2.36. The minimum Gasteiger partial charge on any atom is -0.308 e. The Morgan fingerprint density at radius 1 is 1.41 bits per heavy atom. The highest BCUT2D eigenvalue weighted by atomic mass is 35.5. The third kappa shape index (κ3) is 3.76. The molecule has 3 rings (SSSR count). The first-order valence-corrected chi connectivity index (χ1v) is 8.37. The van der Waals surface area contributed by atoms with Gasteiger partial charge in [-0.3, -0.25) is 10.2 Å². The third-order valence-corrected chi connectivity index (χ3v) is 4.75. The Balaban J connectivity index is 1.55. The molecule has 1 aromatic carbocycles. The molecule has 1 aliphatic heterocycles. The smallest absolute Gasteiger partial charge is 0.308 e. The molecule has 0 unspecified atom stereocenters. The van der Waals surface area contributed by atoms with E-state index in [-0.39, 0.29) is 6.03 Å². The molecule has 1 fully saturated rings. The van der Waals surface area contributed by atoms with E-state index in [1.807, 2.05) is 24.4 Å². The average molecular weight is 337 g/mol. The minimum atomic E-state index is -0.315. The van der Waals surface area contributed by atoms with E-state index in [4.69, 9.17) is 11.6 Å². The Morgan fingerprint density at radius 2 is 2.23 bits per heavy atom. The quantitative estimate of drug-likeness (QED) is 0.888. The van der Waals surface area contributed by atoms with E-state index in [0.29, 0.717) is 15.8 Å². The van der Waals surface area contributed by atoms with Gasteiger partial charge in [-0.15, -0.1) is 11.3 Å². The first-order chi connectivity index (χ1) is 10.6. The van der Waals surface area contributed by atoms with Crippen LogP contribution in [-0.2, 0) is 6.54 Å². The van der Waals surface area contributed by atoms with Gasteiger partial charge >= 0.3 is 6.03 Å². The highest BCUT2D eigenvalue weighted by molar-refractivity contribution is 7.13. The summed E-state index contributed by atoms with van der Waals surface area (Å²) in [5.41, 5.74) is 2.63. The largest absolute Gasteiger partial charge is 0.325 e. The summed E-state index contributed by atoms with van der Waals surface area (Å²) in [5, 5.41) is 8.72. The van der Waals surface area contributed by atoms with Crippen LogP contribution in [0.2, 0.25) is 5.02 Å². The molecule has 7 heteroatoms. The van der Waals surface area contributed by atoms with E-state index in [9.17, 15) is 4.79 Å². The number of hydrogen-bond acceptors (Lipinski definition) is 4. The predicted molar refractivity (Wildman–Crippen MR) is 90.8 cm³/mol. The molecule has 2 heterocycles. The molecule has 116 valence electrons. The summed E-state index contributed by atoms with van der Waals surface area (Å²) in [7, 11) is 0. The van der Waals surface area contributed by atoms with E-state index < -0.39 is 0 Å². The molecule has 1 aromatic heterocycles. The van der Waals surface area contributed by atoms with Crippen molar-refractivity contribution < 1.29 is 4.79 Å². The highest BCUT2D eigenvalue weighted by Crippen LogP contribution is 2.21. The molecule has 0 atom stereocenters. The van der Waals surface area contributed by atoms with E-state index in [0.717, 1.165) is 30.9 Å². The fraction of sp³-hybridized carbons (Fsp3) is 0.333. The second-order valence-corrected chi connectivity index (χ2v) is 6.58. The van der Waals surface area contributed by atoms with Gasteiger partial charge in [-0.25, -0.2) is 9.78 Å². The first-order valence-electron chi connectivity index (χ1n) is 7.11. The molecule has 2 amide bonds. The Hall–Kier alpha value is -1.63. The maximum atomic E-state index is 12.0. The summed E-state index contributed by atoms with van der Waals surface area (Å²) in [6.07, 6.45) is 1.26. The molecule has 1 saturated heterocycles. The summed E-state index contributed by atoms with van der Waals surface area (Å²) < 4.78 is 0. The number of thiazole rings is 1. The summed E-state index contributed by atoms with van der Waals surface area (Å²) in [4.78, 5) is 18.7. The lowest BCUT2D eigenvalue weighted by Gasteiger charge is -2.29. The van der Waals surface area contributed by atoms with Crippen molar-refractivity contribution in [3.8, 4) is 0 Å². The van der Waals surface area contributed by atoms with Crippen LogP contribution in [0.1, 0.15) is 17.7 Å². The summed E-state index contributed by atoms with van der Waals surface area (Å²) in [6, 6.07) is 5.10. The molecule has 2 aromatic rings. The van der Waals surface area contributed by atoms with Crippen molar-refractivity contribution in [2.24, 2.45) is 0 Å². The van der Waals surface area contributed by atoms with E-state index in [2.05, 4.69) is 20.5 Å². The Bertz CT molecular complexity index is 684. The van der Waals surface area contributed by atoms with Gasteiger partial charge in [0.05, 0.1) is 5.69 Å². The molecule has 0 aliphatic carbocycles. The molecule has 5 nitrogen and oxygen atoms in total. The molecular formula is C15H17ClN4OS. The lowest BCUT2D eigenvalue weighted by atomic mass is 10.2. The number of urea groups is 1. The number of carbonyl (C=O) groups excluding carboxylic acids is 1. The second-order valence-electron chi connectivity index (χ2n) is 5.32. The van der Waals surface area contributed by atoms with Gasteiger partial charge in [0.2, 0.25) is 0 Å². The van der Waals surface area contributed by atoms with Crippen LogP contribution in [0.5, 0.6) is 0 Å². The van der Waals surface area contributed by atoms with Crippen molar-refractivity contribution in [2.45, 2.75) is 19.9 Å². The van der Waals surface area contributed by atoms with Crippen molar-refractivity contribution in [2.75, 3.05) is 23.7 Å². The Morgan fingerprint density at radius 3 is 2.91 bits per heavy atom. The summed E-state index contributed by atoms with van der Waals surface area (Å²) >= 11 is 7.48. The lowest BCUT2D eigenvalue weighted by molar-refractivity contribution is 0.171. The number of anilines is 2. The number of likely N-dealkylation sites (tertiary alicyclic amines) is 1. The van der Waals surface area contributed by atoms with Gasteiger partial charge in [0, 0.05) is 22.6 Å². The fourth-order valence-electron chi connectivity index (χ4n) is 2.14. The van der Waals surface area contributed by atoms with Crippen LogP contribution >= 0.6 is 22.9 Å². The first kappa shape index (κ1) is 15.3. The summed E-state index contributed by atoms with van der Waals surface area (Å²) in [6.45, 7) is 5.04. The van der Waals surface area contributed by atoms with Crippen LogP contribution < -0.4 is 10.6 Å². The van der Waals surface area contributed by atoms with Gasteiger partial charge in [-0.05, 0) is 44.1 Å². The van der Waals surface area contributed by atoms with Gasteiger partial charge in [0.15, 0.2) is 5.13 Å². The van der Waals surface area contributed by atoms with Crippen molar-refractivity contribution in [3.05, 3.63) is 39.9 Å². The number of aromatic nitrogens is 1. The number of aryl methyl sites for hydroxylation is 1. The zero-order valence-electron chi connectivity index (χ0n) is 12.2. The fourth-order valence-corrected chi connectivity index (χ4v) is 3.01. The van der Waals surface area contributed by atoms with Crippen LogP contribution in [0.25, 0.3) is 0 Å². The number of hydrogen-bond donors (Lipinski definition) is 2. The van der Waals surface area contributed by atoms with Crippen LogP contribution in [0.3, 0.4) is 0 Å². The van der Waals surface area contributed by atoms with E-state index in [1.54, 1.807) is 6.07 Å². The number of benzene rings is 1. The third-order valence-electron chi connectivity index (χ3n) is 3.54. The Labute approximate surface area is 138 Å². The molecule has 0 spiro atoms. The number of nitrogens with zero attached hydrogens (tertiary/aromatic N) is 2. The number of halogens is 1. The predicted octanol–water partition coefficient (Wildman–Crippen LogP) is 3.95. The topological polar surface area (TPSA) is 57.3 Å². The molecule has 2 N–H and O–H groups in total. The van der Waals surface area contributed by atoms with Crippen molar-refractivity contribution in [3.63, 3.8) is 0 Å². The number of amides is 2. The van der Waals surface area contributed by atoms with Crippen molar-refractivity contribution in [1.82, 2.24) is 9.88 Å². The molecule has 1 aliphatic rings. The van der Waals surface area contributed by atoms with Crippen LogP contribution in [0.4, 0.5) is 15.6 Å². The normalized spacial score (nSPS) is 14.5. The maximum Gasteiger partial charge on any atom is 0.325 e.